The standard InChI is InChI=1S/C11H10ClNO3/c12-10(14)11(5-2-6-11)8-3-1-4-9(7-8)13(15)16/h1,3-4,7H,2,5-6H2. The summed E-state index contributed by atoms with van der Waals surface area (Å²) >= 11 is 5.59. The molecule has 84 valence electrons. The lowest BCUT2D eigenvalue weighted by Crippen LogP contribution is -2.39. The molecule has 1 aliphatic rings. The molecule has 0 N–H and O–H groups in total. The summed E-state index contributed by atoms with van der Waals surface area (Å²) in [5.74, 6) is 0. The van der Waals surface area contributed by atoms with Gasteiger partial charge in [-0.05, 0) is 30.0 Å². The molecule has 1 saturated carbocycles. The van der Waals surface area contributed by atoms with Crippen LogP contribution in [0, 0.1) is 10.1 Å². The lowest BCUT2D eigenvalue weighted by Gasteiger charge is -2.38. The predicted octanol–water partition coefficient (Wildman–Crippen LogP) is 2.78. The molecule has 0 spiro atoms. The Labute approximate surface area is 97.4 Å². The van der Waals surface area contributed by atoms with E-state index >= 15 is 0 Å². The highest BCUT2D eigenvalue weighted by atomic mass is 35.5. The Bertz CT molecular complexity index is 454. The van der Waals surface area contributed by atoms with Gasteiger partial charge < -0.3 is 0 Å². The largest absolute Gasteiger partial charge is 0.280 e. The summed E-state index contributed by atoms with van der Waals surface area (Å²) in [5.41, 5.74) is -0.0252. The molecular weight excluding hydrogens is 230 g/mol. The number of benzene rings is 1. The van der Waals surface area contributed by atoms with Crippen LogP contribution in [0.3, 0.4) is 0 Å². The second-order valence-electron chi connectivity index (χ2n) is 4.02. The van der Waals surface area contributed by atoms with Crippen molar-refractivity contribution in [2.75, 3.05) is 0 Å². The summed E-state index contributed by atoms with van der Waals surface area (Å²) in [5, 5.41) is 10.2. The van der Waals surface area contributed by atoms with E-state index in [0.717, 1.165) is 6.42 Å². The van der Waals surface area contributed by atoms with E-state index in [2.05, 4.69) is 0 Å². The molecule has 0 bridgehead atoms. The third-order valence-corrected chi connectivity index (χ3v) is 3.55. The molecule has 0 saturated heterocycles. The van der Waals surface area contributed by atoms with Gasteiger partial charge in [-0.1, -0.05) is 18.6 Å². The van der Waals surface area contributed by atoms with Crippen molar-refractivity contribution in [1.82, 2.24) is 0 Å². The second-order valence-corrected chi connectivity index (χ2v) is 4.36. The molecular formula is C11H10ClNO3. The van der Waals surface area contributed by atoms with Crippen molar-refractivity contribution in [3.8, 4) is 0 Å². The SMILES string of the molecule is O=C(Cl)C1(c2cccc([N+](=O)[O-])c2)CCC1. The summed E-state index contributed by atoms with van der Waals surface area (Å²) in [6.07, 6.45) is 2.29. The van der Waals surface area contributed by atoms with Crippen LogP contribution < -0.4 is 0 Å². The van der Waals surface area contributed by atoms with Crippen LogP contribution in [-0.4, -0.2) is 10.2 Å². The third kappa shape index (κ3) is 1.59. The number of carbonyl (C=O) groups excluding carboxylic acids is 1. The van der Waals surface area contributed by atoms with Gasteiger partial charge in [0.2, 0.25) is 5.24 Å². The van der Waals surface area contributed by atoms with Crippen molar-refractivity contribution >= 4 is 22.5 Å². The zero-order valence-corrected chi connectivity index (χ0v) is 9.24. The summed E-state index contributed by atoms with van der Waals surface area (Å²) in [6, 6.07) is 6.17. The van der Waals surface area contributed by atoms with E-state index in [1.807, 2.05) is 0 Å². The fourth-order valence-electron chi connectivity index (χ4n) is 2.05. The first-order chi connectivity index (χ1) is 7.56. The van der Waals surface area contributed by atoms with Crippen molar-refractivity contribution in [2.45, 2.75) is 24.7 Å². The zero-order valence-electron chi connectivity index (χ0n) is 8.48. The van der Waals surface area contributed by atoms with Gasteiger partial charge in [-0.3, -0.25) is 14.9 Å². The molecule has 0 amide bonds. The first-order valence-corrected chi connectivity index (χ1v) is 5.39. The second kappa shape index (κ2) is 3.87. The molecule has 0 aromatic heterocycles. The van der Waals surface area contributed by atoms with Crippen LogP contribution in [0.15, 0.2) is 24.3 Å². The third-order valence-electron chi connectivity index (χ3n) is 3.19. The number of hydrogen-bond donors (Lipinski definition) is 0. The lowest BCUT2D eigenvalue weighted by molar-refractivity contribution is -0.385. The summed E-state index contributed by atoms with van der Waals surface area (Å²) in [7, 11) is 0. The van der Waals surface area contributed by atoms with Crippen LogP contribution >= 0.6 is 11.6 Å². The Kier molecular flexibility index (Phi) is 2.68. The summed E-state index contributed by atoms with van der Waals surface area (Å²) < 4.78 is 0. The Morgan fingerprint density at radius 1 is 1.44 bits per heavy atom. The molecule has 1 aliphatic carbocycles. The van der Waals surface area contributed by atoms with Gasteiger partial charge in [0, 0.05) is 12.1 Å². The number of nitro groups is 1. The smallest absolute Gasteiger partial charge is 0.269 e. The van der Waals surface area contributed by atoms with Crippen LogP contribution in [0.4, 0.5) is 5.69 Å². The van der Waals surface area contributed by atoms with Crippen LogP contribution in [0.1, 0.15) is 24.8 Å². The Morgan fingerprint density at radius 3 is 2.56 bits per heavy atom. The van der Waals surface area contributed by atoms with E-state index in [9.17, 15) is 14.9 Å². The minimum absolute atomic E-state index is 0.00157. The highest BCUT2D eigenvalue weighted by molar-refractivity contribution is 6.65. The minimum Gasteiger partial charge on any atom is -0.280 e. The van der Waals surface area contributed by atoms with E-state index in [4.69, 9.17) is 11.6 Å². The number of rotatable bonds is 3. The van der Waals surface area contributed by atoms with E-state index in [1.165, 1.54) is 12.1 Å². The maximum absolute atomic E-state index is 11.4. The highest BCUT2D eigenvalue weighted by Gasteiger charge is 2.45. The maximum atomic E-state index is 11.4. The number of nitrogens with zero attached hydrogens (tertiary/aromatic N) is 1. The van der Waals surface area contributed by atoms with Crippen molar-refractivity contribution in [3.63, 3.8) is 0 Å². The average Bonchev–Trinajstić information content (AvgIpc) is 2.15. The van der Waals surface area contributed by atoms with Crippen molar-refractivity contribution < 1.29 is 9.72 Å². The average molecular weight is 240 g/mol. The lowest BCUT2D eigenvalue weighted by atomic mass is 9.65. The highest BCUT2D eigenvalue weighted by Crippen LogP contribution is 2.46. The number of nitro benzene ring substituents is 1. The van der Waals surface area contributed by atoms with Crippen molar-refractivity contribution in [3.05, 3.63) is 39.9 Å². The number of carbonyl (C=O) groups is 1. The molecule has 16 heavy (non-hydrogen) atoms. The maximum Gasteiger partial charge on any atom is 0.269 e. The molecule has 0 heterocycles. The van der Waals surface area contributed by atoms with Crippen LogP contribution in [0.5, 0.6) is 0 Å². The predicted molar refractivity (Wildman–Crippen MR) is 59.5 cm³/mol. The molecule has 1 aromatic rings. The minimum atomic E-state index is -0.687. The molecule has 1 fully saturated rings. The van der Waals surface area contributed by atoms with Gasteiger partial charge in [-0.15, -0.1) is 0 Å². The van der Waals surface area contributed by atoms with E-state index < -0.39 is 15.6 Å². The first kappa shape index (κ1) is 11.1. The van der Waals surface area contributed by atoms with Crippen LogP contribution in [0.2, 0.25) is 0 Å². The quantitative estimate of drug-likeness (QED) is 0.463. The molecule has 2 rings (SSSR count). The molecule has 5 heteroatoms. The van der Waals surface area contributed by atoms with Crippen LogP contribution in [-0.2, 0) is 10.2 Å². The summed E-state index contributed by atoms with van der Waals surface area (Å²) in [4.78, 5) is 21.6. The van der Waals surface area contributed by atoms with Gasteiger partial charge in [-0.25, -0.2) is 0 Å². The van der Waals surface area contributed by atoms with Gasteiger partial charge in [-0.2, -0.15) is 0 Å². The zero-order chi connectivity index (χ0) is 11.8. The Balaban J connectivity index is 2.43. The number of non-ortho nitro benzene ring substituents is 1. The number of hydrogen-bond acceptors (Lipinski definition) is 3. The Hall–Kier alpha value is -1.42. The fraction of sp³-hybridized carbons (Fsp3) is 0.364. The van der Waals surface area contributed by atoms with Crippen molar-refractivity contribution in [1.29, 1.82) is 0 Å². The summed E-state index contributed by atoms with van der Waals surface area (Å²) in [6.45, 7) is 0. The van der Waals surface area contributed by atoms with Gasteiger partial charge in [0.05, 0.1) is 10.3 Å². The van der Waals surface area contributed by atoms with Gasteiger partial charge >= 0.3 is 0 Å². The van der Waals surface area contributed by atoms with E-state index in [-0.39, 0.29) is 5.69 Å². The fourth-order valence-corrected chi connectivity index (χ4v) is 2.34. The normalized spacial score (nSPS) is 17.6. The molecule has 0 radical (unpaired) electrons. The molecule has 4 nitrogen and oxygen atoms in total. The Morgan fingerprint density at radius 2 is 2.12 bits per heavy atom. The van der Waals surface area contributed by atoms with Gasteiger partial charge in [0.15, 0.2) is 0 Å². The molecule has 1 aromatic carbocycles. The van der Waals surface area contributed by atoms with E-state index in [0.29, 0.717) is 18.4 Å². The molecule has 0 aliphatic heterocycles. The van der Waals surface area contributed by atoms with Gasteiger partial charge in [0.25, 0.3) is 5.69 Å². The van der Waals surface area contributed by atoms with Crippen molar-refractivity contribution in [2.24, 2.45) is 0 Å². The van der Waals surface area contributed by atoms with Crippen LogP contribution in [0.25, 0.3) is 0 Å². The van der Waals surface area contributed by atoms with Gasteiger partial charge in [0.1, 0.15) is 0 Å². The first-order valence-electron chi connectivity index (χ1n) is 5.01. The topological polar surface area (TPSA) is 60.2 Å². The number of halogens is 1. The van der Waals surface area contributed by atoms with E-state index in [1.54, 1.807) is 12.1 Å². The molecule has 0 atom stereocenters. The molecule has 0 unspecified atom stereocenters. The monoisotopic (exact) mass is 239 g/mol.